The van der Waals surface area contributed by atoms with Gasteiger partial charge in [0.15, 0.2) is 0 Å². The van der Waals surface area contributed by atoms with E-state index in [1.54, 1.807) is 0 Å². The fourth-order valence-corrected chi connectivity index (χ4v) is 2.73. The molecule has 3 nitrogen and oxygen atoms in total. The lowest BCUT2D eigenvalue weighted by Gasteiger charge is -2.20. The number of ether oxygens (including phenoxy) is 1. The SMILES string of the molecule is CC1=CC[C@@H](O)/C(C)=C/[C@H]2OC(=O)[C@H](C)[C@@H]2CC1. The van der Waals surface area contributed by atoms with Crippen LogP contribution in [-0.2, 0) is 9.53 Å². The standard InChI is InChI=1S/C15H22O3/c1-9-4-6-12-11(3)15(17)18-14(12)8-10(2)13(16)7-5-9/h5,8,11-14,16H,4,6-7H2,1-3H3/b9-5?,10-8+/t11-,12+,13-,14-/m1/s1. The second-order valence-corrected chi connectivity index (χ2v) is 5.61. The summed E-state index contributed by atoms with van der Waals surface area (Å²) < 4.78 is 5.42. The predicted octanol–water partition coefficient (Wildman–Crippen LogP) is 2.60. The summed E-state index contributed by atoms with van der Waals surface area (Å²) in [7, 11) is 0. The van der Waals surface area contributed by atoms with Crippen LogP contribution in [0.25, 0.3) is 0 Å². The van der Waals surface area contributed by atoms with Gasteiger partial charge in [-0.25, -0.2) is 0 Å². The number of carbonyl (C=O) groups is 1. The molecule has 1 saturated heterocycles. The molecule has 0 aromatic heterocycles. The molecule has 1 heterocycles. The van der Waals surface area contributed by atoms with E-state index in [1.807, 2.05) is 19.9 Å². The predicted molar refractivity (Wildman–Crippen MR) is 69.9 cm³/mol. The van der Waals surface area contributed by atoms with Crippen molar-refractivity contribution in [2.24, 2.45) is 11.8 Å². The zero-order chi connectivity index (χ0) is 13.3. The van der Waals surface area contributed by atoms with Gasteiger partial charge in [0.05, 0.1) is 12.0 Å². The molecule has 1 fully saturated rings. The number of carbonyl (C=O) groups excluding carboxylic acids is 1. The van der Waals surface area contributed by atoms with Gasteiger partial charge in [-0.2, -0.15) is 0 Å². The number of allylic oxidation sites excluding steroid dienone is 1. The fourth-order valence-electron chi connectivity index (χ4n) is 2.73. The Kier molecular flexibility index (Phi) is 3.91. The maximum atomic E-state index is 11.7. The maximum absolute atomic E-state index is 11.7. The number of fused-ring (bicyclic) bond motifs is 1. The van der Waals surface area contributed by atoms with Gasteiger partial charge >= 0.3 is 5.97 Å². The summed E-state index contributed by atoms with van der Waals surface area (Å²) in [5.74, 6) is 0.0916. The molecule has 100 valence electrons. The van der Waals surface area contributed by atoms with E-state index >= 15 is 0 Å². The molecule has 1 aliphatic heterocycles. The quantitative estimate of drug-likeness (QED) is 0.531. The van der Waals surface area contributed by atoms with Crippen molar-refractivity contribution >= 4 is 5.97 Å². The summed E-state index contributed by atoms with van der Waals surface area (Å²) in [6, 6.07) is 0. The molecular formula is C15H22O3. The Balaban J connectivity index is 2.26. The first kappa shape index (κ1) is 13.3. The van der Waals surface area contributed by atoms with Gasteiger partial charge in [-0.05, 0) is 44.8 Å². The van der Waals surface area contributed by atoms with Crippen molar-refractivity contribution < 1.29 is 14.6 Å². The Morgan fingerprint density at radius 1 is 1.39 bits per heavy atom. The molecular weight excluding hydrogens is 228 g/mol. The van der Waals surface area contributed by atoms with Crippen molar-refractivity contribution in [2.75, 3.05) is 0 Å². The first-order valence-electron chi connectivity index (χ1n) is 6.71. The van der Waals surface area contributed by atoms with E-state index in [9.17, 15) is 9.90 Å². The largest absolute Gasteiger partial charge is 0.458 e. The molecule has 0 aromatic carbocycles. The smallest absolute Gasteiger partial charge is 0.309 e. The minimum Gasteiger partial charge on any atom is -0.458 e. The average molecular weight is 250 g/mol. The zero-order valence-corrected chi connectivity index (χ0v) is 11.3. The van der Waals surface area contributed by atoms with Crippen molar-refractivity contribution in [3.63, 3.8) is 0 Å². The third-order valence-corrected chi connectivity index (χ3v) is 4.20. The van der Waals surface area contributed by atoms with E-state index in [4.69, 9.17) is 4.74 Å². The maximum Gasteiger partial charge on any atom is 0.309 e. The van der Waals surface area contributed by atoms with Gasteiger partial charge in [0.2, 0.25) is 0 Å². The summed E-state index contributed by atoms with van der Waals surface area (Å²) in [4.78, 5) is 11.7. The molecule has 0 aromatic rings. The first-order valence-corrected chi connectivity index (χ1v) is 6.71. The normalized spacial score (nSPS) is 40.3. The third kappa shape index (κ3) is 2.66. The van der Waals surface area contributed by atoms with Gasteiger partial charge in [-0.3, -0.25) is 4.79 Å². The summed E-state index contributed by atoms with van der Waals surface area (Å²) in [5, 5.41) is 10.0. The Labute approximate surface area is 109 Å². The van der Waals surface area contributed by atoms with Gasteiger partial charge in [0, 0.05) is 5.92 Å². The highest BCUT2D eigenvalue weighted by atomic mass is 16.6. The second kappa shape index (κ2) is 5.27. The molecule has 1 N–H and O–H groups in total. The van der Waals surface area contributed by atoms with Gasteiger partial charge < -0.3 is 9.84 Å². The Hall–Kier alpha value is -1.09. The van der Waals surface area contributed by atoms with Crippen LogP contribution in [0.3, 0.4) is 0 Å². The Morgan fingerprint density at radius 2 is 2.11 bits per heavy atom. The zero-order valence-electron chi connectivity index (χ0n) is 11.3. The van der Waals surface area contributed by atoms with E-state index in [0.29, 0.717) is 6.42 Å². The van der Waals surface area contributed by atoms with Gasteiger partial charge in [-0.15, -0.1) is 0 Å². The minimum atomic E-state index is -0.465. The van der Waals surface area contributed by atoms with Crippen molar-refractivity contribution in [2.45, 2.75) is 52.2 Å². The molecule has 18 heavy (non-hydrogen) atoms. The highest BCUT2D eigenvalue weighted by molar-refractivity contribution is 5.75. The molecule has 0 radical (unpaired) electrons. The highest BCUT2D eigenvalue weighted by Gasteiger charge is 2.40. The van der Waals surface area contributed by atoms with Crippen LogP contribution in [0.1, 0.15) is 40.0 Å². The summed E-state index contributed by atoms with van der Waals surface area (Å²) in [6.45, 7) is 5.94. The van der Waals surface area contributed by atoms with E-state index in [-0.39, 0.29) is 23.9 Å². The number of rotatable bonds is 0. The molecule has 2 rings (SSSR count). The highest BCUT2D eigenvalue weighted by Crippen LogP contribution is 2.35. The number of hydrogen-bond acceptors (Lipinski definition) is 3. The van der Waals surface area contributed by atoms with Crippen LogP contribution in [0.2, 0.25) is 0 Å². The minimum absolute atomic E-state index is 0.0385. The molecule has 0 amide bonds. The van der Waals surface area contributed by atoms with Crippen molar-refractivity contribution in [1.82, 2.24) is 0 Å². The lowest BCUT2D eigenvalue weighted by atomic mass is 9.84. The van der Waals surface area contributed by atoms with Gasteiger partial charge in [0.1, 0.15) is 6.10 Å². The number of aliphatic hydroxyl groups is 1. The number of esters is 1. The fraction of sp³-hybridized carbons (Fsp3) is 0.667. The molecule has 2 aliphatic rings. The molecule has 0 bridgehead atoms. The molecule has 0 unspecified atom stereocenters. The van der Waals surface area contributed by atoms with Crippen LogP contribution in [0, 0.1) is 11.8 Å². The lowest BCUT2D eigenvalue weighted by molar-refractivity contribution is -0.142. The summed E-state index contributed by atoms with van der Waals surface area (Å²) in [6.07, 6.45) is 6.01. The van der Waals surface area contributed by atoms with Crippen LogP contribution < -0.4 is 0 Å². The van der Waals surface area contributed by atoms with E-state index in [2.05, 4.69) is 13.0 Å². The van der Waals surface area contributed by atoms with Crippen LogP contribution in [0.5, 0.6) is 0 Å². The monoisotopic (exact) mass is 250 g/mol. The van der Waals surface area contributed by atoms with Crippen LogP contribution in [-0.4, -0.2) is 23.3 Å². The molecule has 1 aliphatic carbocycles. The van der Waals surface area contributed by atoms with E-state index < -0.39 is 6.10 Å². The van der Waals surface area contributed by atoms with Crippen LogP contribution in [0.15, 0.2) is 23.3 Å². The number of aliphatic hydroxyl groups excluding tert-OH is 1. The van der Waals surface area contributed by atoms with E-state index in [0.717, 1.165) is 18.4 Å². The molecule has 3 heteroatoms. The molecule has 4 atom stereocenters. The van der Waals surface area contributed by atoms with Crippen molar-refractivity contribution in [3.8, 4) is 0 Å². The van der Waals surface area contributed by atoms with Crippen molar-refractivity contribution in [3.05, 3.63) is 23.3 Å². The third-order valence-electron chi connectivity index (χ3n) is 4.20. The van der Waals surface area contributed by atoms with Crippen molar-refractivity contribution in [1.29, 1.82) is 0 Å². The Morgan fingerprint density at radius 3 is 2.83 bits per heavy atom. The van der Waals surface area contributed by atoms with Gasteiger partial charge in [-0.1, -0.05) is 18.6 Å². The van der Waals surface area contributed by atoms with E-state index in [1.165, 1.54) is 5.57 Å². The summed E-state index contributed by atoms with van der Waals surface area (Å²) >= 11 is 0. The van der Waals surface area contributed by atoms with Crippen LogP contribution >= 0.6 is 0 Å². The topological polar surface area (TPSA) is 46.5 Å². The second-order valence-electron chi connectivity index (χ2n) is 5.61. The van der Waals surface area contributed by atoms with Crippen LogP contribution in [0.4, 0.5) is 0 Å². The number of hydrogen-bond donors (Lipinski definition) is 1. The summed E-state index contributed by atoms with van der Waals surface area (Å²) in [5.41, 5.74) is 2.19. The molecule has 0 saturated carbocycles. The Bertz CT molecular complexity index is 395. The molecule has 0 spiro atoms. The van der Waals surface area contributed by atoms with Gasteiger partial charge in [0.25, 0.3) is 0 Å². The first-order chi connectivity index (χ1) is 8.49. The lowest BCUT2D eigenvalue weighted by Crippen LogP contribution is -2.20. The average Bonchev–Trinajstić information content (AvgIpc) is 2.59.